The first kappa shape index (κ1) is 13.8. The van der Waals surface area contributed by atoms with Crippen LogP contribution in [0.1, 0.15) is 44.7 Å². The quantitative estimate of drug-likeness (QED) is 0.787. The van der Waals surface area contributed by atoms with E-state index in [2.05, 4.69) is 39.3 Å². The van der Waals surface area contributed by atoms with Gasteiger partial charge in [-0.25, -0.2) is 9.97 Å². The van der Waals surface area contributed by atoms with Gasteiger partial charge in [-0.2, -0.15) is 5.10 Å². The van der Waals surface area contributed by atoms with Gasteiger partial charge in [0, 0.05) is 23.9 Å². The Morgan fingerprint density at radius 1 is 1.37 bits per heavy atom. The number of H-pyrrole nitrogens is 1. The Kier molecular flexibility index (Phi) is 4.74. The zero-order chi connectivity index (χ0) is 13.7. The second kappa shape index (κ2) is 6.52. The highest BCUT2D eigenvalue weighted by Gasteiger charge is 2.12. The molecule has 1 atom stereocenters. The van der Waals surface area contributed by atoms with Crippen LogP contribution >= 0.6 is 11.6 Å². The SMILES string of the molecule is CCCC(CC)c1cc(Nc2ccnc(Cl)n2)n[nH]1. The molecule has 0 aliphatic rings. The average Bonchev–Trinajstić information content (AvgIpc) is 2.84. The van der Waals surface area contributed by atoms with Crippen LogP contribution in [0.4, 0.5) is 11.6 Å². The summed E-state index contributed by atoms with van der Waals surface area (Å²) in [7, 11) is 0. The molecule has 2 aromatic rings. The molecule has 0 aromatic carbocycles. The zero-order valence-electron chi connectivity index (χ0n) is 11.2. The van der Waals surface area contributed by atoms with Crippen molar-refractivity contribution in [3.8, 4) is 0 Å². The summed E-state index contributed by atoms with van der Waals surface area (Å²) in [6.07, 6.45) is 5.05. The molecule has 2 N–H and O–H groups in total. The summed E-state index contributed by atoms with van der Waals surface area (Å²) in [5.41, 5.74) is 1.16. The lowest BCUT2D eigenvalue weighted by Crippen LogP contribution is -1.97. The molecular formula is C13H18ClN5. The lowest BCUT2D eigenvalue weighted by molar-refractivity contribution is 0.579. The third-order valence-electron chi connectivity index (χ3n) is 3.05. The smallest absolute Gasteiger partial charge is 0.224 e. The molecule has 0 saturated heterocycles. The van der Waals surface area contributed by atoms with E-state index in [9.17, 15) is 0 Å². The molecule has 2 aromatic heterocycles. The molecule has 0 fully saturated rings. The molecule has 0 saturated carbocycles. The lowest BCUT2D eigenvalue weighted by atomic mass is 9.97. The van der Waals surface area contributed by atoms with Crippen LogP contribution in [0.25, 0.3) is 0 Å². The Labute approximate surface area is 117 Å². The van der Waals surface area contributed by atoms with E-state index in [4.69, 9.17) is 11.6 Å². The van der Waals surface area contributed by atoms with Gasteiger partial charge in [0.1, 0.15) is 5.82 Å². The van der Waals surface area contributed by atoms with E-state index in [1.165, 1.54) is 6.42 Å². The first-order valence-corrected chi connectivity index (χ1v) is 6.91. The van der Waals surface area contributed by atoms with E-state index in [1.54, 1.807) is 12.3 Å². The zero-order valence-corrected chi connectivity index (χ0v) is 11.9. The van der Waals surface area contributed by atoms with Gasteiger partial charge >= 0.3 is 0 Å². The fourth-order valence-corrected chi connectivity index (χ4v) is 2.22. The predicted octanol–water partition coefficient (Wildman–Crippen LogP) is 3.89. The van der Waals surface area contributed by atoms with Gasteiger partial charge in [-0.3, -0.25) is 5.10 Å². The highest BCUT2D eigenvalue weighted by Crippen LogP contribution is 2.25. The van der Waals surface area contributed by atoms with Gasteiger partial charge in [-0.15, -0.1) is 0 Å². The molecule has 2 rings (SSSR count). The van der Waals surface area contributed by atoms with Crippen molar-refractivity contribution in [2.45, 2.75) is 39.0 Å². The molecule has 0 bridgehead atoms. The van der Waals surface area contributed by atoms with Gasteiger partial charge in [-0.1, -0.05) is 20.3 Å². The molecule has 0 spiro atoms. The summed E-state index contributed by atoms with van der Waals surface area (Å²) in [5, 5.41) is 10.7. The van der Waals surface area contributed by atoms with Gasteiger partial charge in [0.05, 0.1) is 0 Å². The van der Waals surface area contributed by atoms with Crippen LogP contribution in [0.15, 0.2) is 18.3 Å². The molecule has 0 aliphatic carbocycles. The topological polar surface area (TPSA) is 66.5 Å². The molecule has 0 radical (unpaired) electrons. The Hall–Kier alpha value is -1.62. The van der Waals surface area contributed by atoms with E-state index in [-0.39, 0.29) is 5.28 Å². The van der Waals surface area contributed by atoms with Gasteiger partial charge in [0.25, 0.3) is 0 Å². The predicted molar refractivity (Wildman–Crippen MR) is 76.9 cm³/mol. The molecule has 0 amide bonds. The molecule has 19 heavy (non-hydrogen) atoms. The minimum Gasteiger partial charge on any atom is -0.323 e. The normalized spacial score (nSPS) is 12.4. The fourth-order valence-electron chi connectivity index (χ4n) is 2.07. The number of aromatic nitrogens is 4. The first-order chi connectivity index (χ1) is 9.22. The second-order valence-electron chi connectivity index (χ2n) is 4.44. The molecule has 6 heteroatoms. The molecule has 1 unspecified atom stereocenters. The minimum atomic E-state index is 0.221. The Morgan fingerprint density at radius 3 is 2.89 bits per heavy atom. The number of hydrogen-bond donors (Lipinski definition) is 2. The van der Waals surface area contributed by atoms with Crippen molar-refractivity contribution in [3.05, 3.63) is 29.3 Å². The van der Waals surface area contributed by atoms with Crippen LogP contribution in [0.5, 0.6) is 0 Å². The largest absolute Gasteiger partial charge is 0.323 e. The van der Waals surface area contributed by atoms with Crippen LogP contribution < -0.4 is 5.32 Å². The van der Waals surface area contributed by atoms with Crippen LogP contribution in [0.3, 0.4) is 0 Å². The van der Waals surface area contributed by atoms with Crippen molar-refractivity contribution in [2.24, 2.45) is 0 Å². The summed E-state index contributed by atoms with van der Waals surface area (Å²) in [6.45, 7) is 4.39. The van der Waals surface area contributed by atoms with Crippen molar-refractivity contribution >= 4 is 23.2 Å². The Balaban J connectivity index is 2.08. The highest BCUT2D eigenvalue weighted by molar-refractivity contribution is 6.28. The number of hydrogen-bond acceptors (Lipinski definition) is 4. The van der Waals surface area contributed by atoms with E-state index >= 15 is 0 Å². The monoisotopic (exact) mass is 279 g/mol. The van der Waals surface area contributed by atoms with E-state index in [0.717, 1.165) is 24.4 Å². The summed E-state index contributed by atoms with van der Waals surface area (Å²) in [4.78, 5) is 7.91. The van der Waals surface area contributed by atoms with Crippen molar-refractivity contribution in [1.82, 2.24) is 20.2 Å². The van der Waals surface area contributed by atoms with Crippen molar-refractivity contribution in [1.29, 1.82) is 0 Å². The summed E-state index contributed by atoms with van der Waals surface area (Å²) < 4.78 is 0. The third kappa shape index (κ3) is 3.67. The van der Waals surface area contributed by atoms with Crippen LogP contribution in [-0.4, -0.2) is 20.2 Å². The number of anilines is 2. The minimum absolute atomic E-state index is 0.221. The van der Waals surface area contributed by atoms with Crippen molar-refractivity contribution in [2.75, 3.05) is 5.32 Å². The molecular weight excluding hydrogens is 262 g/mol. The van der Waals surface area contributed by atoms with Crippen LogP contribution in [-0.2, 0) is 0 Å². The molecule has 102 valence electrons. The van der Waals surface area contributed by atoms with Crippen molar-refractivity contribution < 1.29 is 0 Å². The third-order valence-corrected chi connectivity index (χ3v) is 3.23. The van der Waals surface area contributed by atoms with E-state index < -0.39 is 0 Å². The fraction of sp³-hybridized carbons (Fsp3) is 0.462. The maximum absolute atomic E-state index is 5.74. The Bertz CT molecular complexity index is 525. The van der Waals surface area contributed by atoms with Crippen molar-refractivity contribution in [3.63, 3.8) is 0 Å². The van der Waals surface area contributed by atoms with E-state index in [0.29, 0.717) is 11.7 Å². The van der Waals surface area contributed by atoms with E-state index in [1.807, 2.05) is 6.07 Å². The molecule has 5 nitrogen and oxygen atoms in total. The molecule has 0 aliphatic heterocycles. The number of nitrogens with zero attached hydrogens (tertiary/aromatic N) is 3. The number of halogens is 1. The van der Waals surface area contributed by atoms with Gasteiger partial charge in [-0.05, 0) is 30.5 Å². The summed E-state index contributed by atoms with van der Waals surface area (Å²) >= 11 is 5.74. The maximum atomic E-state index is 5.74. The second-order valence-corrected chi connectivity index (χ2v) is 4.78. The van der Waals surface area contributed by atoms with Crippen LogP contribution in [0, 0.1) is 0 Å². The summed E-state index contributed by atoms with van der Waals surface area (Å²) in [6, 6.07) is 3.78. The highest BCUT2D eigenvalue weighted by atomic mass is 35.5. The van der Waals surface area contributed by atoms with Gasteiger partial charge in [0.15, 0.2) is 5.82 Å². The van der Waals surface area contributed by atoms with Crippen LogP contribution in [0.2, 0.25) is 5.28 Å². The number of rotatable bonds is 6. The number of aromatic amines is 1. The Morgan fingerprint density at radius 2 is 2.21 bits per heavy atom. The summed E-state index contributed by atoms with van der Waals surface area (Å²) in [5.74, 6) is 1.92. The van der Waals surface area contributed by atoms with Gasteiger partial charge in [0.2, 0.25) is 5.28 Å². The number of nitrogens with one attached hydrogen (secondary N) is 2. The lowest BCUT2D eigenvalue weighted by Gasteiger charge is -2.10. The standard InChI is InChI=1S/C13H18ClN5/c1-3-5-9(4-2)10-8-12(19-18-10)16-11-6-7-15-13(14)17-11/h6-9H,3-5H2,1-2H3,(H2,15,16,17,18,19). The van der Waals surface area contributed by atoms with Gasteiger partial charge < -0.3 is 5.32 Å². The first-order valence-electron chi connectivity index (χ1n) is 6.53. The average molecular weight is 280 g/mol. The molecule has 2 heterocycles. The maximum Gasteiger partial charge on any atom is 0.224 e.